The molecule has 0 radical (unpaired) electrons. The molecule has 2 aliphatic heterocycles. The first-order chi connectivity index (χ1) is 20.2. The molecule has 234 valence electrons. The fourth-order valence-electron chi connectivity index (χ4n) is 10.1. The van der Waals surface area contributed by atoms with Crippen LogP contribution in [-0.4, -0.2) is 59.0 Å². The van der Waals surface area contributed by atoms with Gasteiger partial charge in [0.25, 0.3) is 0 Å². The summed E-state index contributed by atoms with van der Waals surface area (Å²) >= 11 is 0. The molecule has 6 aliphatic rings. The quantitative estimate of drug-likeness (QED) is 0.156. The van der Waals surface area contributed by atoms with Gasteiger partial charge in [0.1, 0.15) is 17.6 Å². The molecular weight excluding hydrogens is 552 g/mol. The minimum absolute atomic E-state index is 0.0307. The molecule has 4 fully saturated rings. The Bertz CT molecular complexity index is 1360. The molecule has 0 aromatic heterocycles. The minimum atomic E-state index is -1.18. The maximum atomic E-state index is 14.1. The lowest BCUT2D eigenvalue weighted by molar-refractivity contribution is -0.230. The zero-order chi connectivity index (χ0) is 31.2. The zero-order valence-corrected chi connectivity index (χ0v) is 26.1. The van der Waals surface area contributed by atoms with Gasteiger partial charge in [0.2, 0.25) is 0 Å². The van der Waals surface area contributed by atoms with Gasteiger partial charge in [0.15, 0.2) is 5.60 Å². The van der Waals surface area contributed by atoms with Crippen molar-refractivity contribution in [2.75, 3.05) is 6.61 Å². The van der Waals surface area contributed by atoms with E-state index >= 15 is 0 Å². The highest BCUT2D eigenvalue weighted by Gasteiger charge is 2.83. The molecule has 9 heteroatoms. The van der Waals surface area contributed by atoms with Crippen molar-refractivity contribution in [2.45, 2.75) is 103 Å². The molecule has 2 saturated heterocycles. The first kappa shape index (κ1) is 30.1. The van der Waals surface area contributed by atoms with Crippen molar-refractivity contribution in [1.82, 2.24) is 0 Å². The molecule has 2 heterocycles. The van der Waals surface area contributed by atoms with Gasteiger partial charge < -0.3 is 24.1 Å². The molecule has 0 aromatic rings. The van der Waals surface area contributed by atoms with E-state index in [2.05, 4.69) is 13.5 Å². The van der Waals surface area contributed by atoms with Crippen molar-refractivity contribution in [3.63, 3.8) is 0 Å². The van der Waals surface area contributed by atoms with Gasteiger partial charge in [-0.05, 0) is 74.9 Å². The first-order valence-electron chi connectivity index (χ1n) is 15.7. The van der Waals surface area contributed by atoms with Crippen LogP contribution in [0.25, 0.3) is 0 Å². The summed E-state index contributed by atoms with van der Waals surface area (Å²) in [4.78, 5) is 50.7. The van der Waals surface area contributed by atoms with Crippen molar-refractivity contribution >= 4 is 23.9 Å². The minimum Gasteiger partial charge on any atom is -0.466 e. The molecule has 0 bridgehead atoms. The fraction of sp³-hybridized carbons (Fsp3) is 0.706. The van der Waals surface area contributed by atoms with Crippen LogP contribution >= 0.6 is 0 Å². The molecule has 43 heavy (non-hydrogen) atoms. The maximum absolute atomic E-state index is 14.1. The highest BCUT2D eigenvalue weighted by Crippen LogP contribution is 2.76. The van der Waals surface area contributed by atoms with Gasteiger partial charge in [-0.1, -0.05) is 32.1 Å². The van der Waals surface area contributed by atoms with Crippen LogP contribution in [0.15, 0.2) is 34.9 Å². The van der Waals surface area contributed by atoms with E-state index in [1.807, 2.05) is 19.9 Å². The lowest BCUT2D eigenvalue weighted by Crippen LogP contribution is -2.71. The number of hydrogen-bond donors (Lipinski definition) is 1. The Kier molecular flexibility index (Phi) is 7.03. The van der Waals surface area contributed by atoms with E-state index in [1.165, 1.54) is 13.8 Å². The van der Waals surface area contributed by atoms with E-state index in [-0.39, 0.29) is 65.9 Å². The molecule has 0 unspecified atom stereocenters. The number of aliphatic hydroxyl groups is 1. The van der Waals surface area contributed by atoms with Crippen molar-refractivity contribution in [2.24, 2.45) is 40.9 Å². The third-order valence-electron chi connectivity index (χ3n) is 11.8. The van der Waals surface area contributed by atoms with Gasteiger partial charge in [-0.3, -0.25) is 14.4 Å². The second-order valence-electron chi connectivity index (χ2n) is 14.2. The summed E-state index contributed by atoms with van der Waals surface area (Å²) in [6.45, 7) is 15.1. The lowest BCUT2D eigenvalue weighted by atomic mass is 9.42. The first-order valence-corrected chi connectivity index (χ1v) is 15.7. The molecule has 6 rings (SSSR count). The highest BCUT2D eigenvalue weighted by atomic mass is 16.6. The van der Waals surface area contributed by atoms with Gasteiger partial charge >= 0.3 is 23.9 Å². The molecule has 2 saturated carbocycles. The standard InChI is InChI=1S/C34H44O9/c1-16(9-8-10-40-20(5)35)24-13-25-28(15-32(24,7)39)42-31(38)33(25)14-26-29-17(2)11-27-22(18(3)30(37)41-27)12-23(29)19(4)34(26,33)43-21(6)36/h13,16-17,22,25-29,39H,3,8-12,14-15H2,1-2,4-7H3/t16-,17-,22-,25-,26-,27-,28-,29-,32-,33+,34-/m1/s1. The molecule has 0 amide bonds. The number of ether oxygens (including phenoxy) is 4. The molecule has 4 aliphatic carbocycles. The summed E-state index contributed by atoms with van der Waals surface area (Å²) in [7, 11) is 0. The van der Waals surface area contributed by atoms with Crippen LogP contribution in [0.2, 0.25) is 0 Å². The van der Waals surface area contributed by atoms with E-state index in [0.29, 0.717) is 44.3 Å². The topological polar surface area (TPSA) is 125 Å². The van der Waals surface area contributed by atoms with Gasteiger partial charge in [-0.25, -0.2) is 4.79 Å². The van der Waals surface area contributed by atoms with Crippen LogP contribution in [0.4, 0.5) is 0 Å². The van der Waals surface area contributed by atoms with Crippen LogP contribution in [0.1, 0.15) is 80.1 Å². The summed E-state index contributed by atoms with van der Waals surface area (Å²) in [5.41, 5.74) is -0.0904. The summed E-state index contributed by atoms with van der Waals surface area (Å²) in [5.74, 6) is -1.93. The van der Waals surface area contributed by atoms with Gasteiger partial charge in [-0.15, -0.1) is 0 Å². The monoisotopic (exact) mass is 596 g/mol. The predicted molar refractivity (Wildman–Crippen MR) is 154 cm³/mol. The summed E-state index contributed by atoms with van der Waals surface area (Å²) < 4.78 is 23.3. The van der Waals surface area contributed by atoms with Crippen LogP contribution in [0.5, 0.6) is 0 Å². The summed E-state index contributed by atoms with van der Waals surface area (Å²) in [6, 6.07) is 0. The second-order valence-corrected chi connectivity index (χ2v) is 14.2. The van der Waals surface area contributed by atoms with E-state index in [0.717, 1.165) is 16.7 Å². The van der Waals surface area contributed by atoms with E-state index in [9.17, 15) is 24.3 Å². The van der Waals surface area contributed by atoms with Crippen LogP contribution in [-0.2, 0) is 38.1 Å². The zero-order valence-electron chi connectivity index (χ0n) is 26.1. The smallest absolute Gasteiger partial charge is 0.334 e. The second kappa shape index (κ2) is 10.0. The Hall–Kier alpha value is -2.94. The summed E-state index contributed by atoms with van der Waals surface area (Å²) in [6.07, 6.45) is 4.66. The number of allylic oxidation sites excluding steroid dienone is 1. The fourth-order valence-corrected chi connectivity index (χ4v) is 10.1. The number of carbonyl (C=O) groups is 4. The van der Waals surface area contributed by atoms with Gasteiger partial charge in [-0.2, -0.15) is 0 Å². The van der Waals surface area contributed by atoms with Crippen molar-refractivity contribution in [3.8, 4) is 0 Å². The number of carbonyl (C=O) groups excluding carboxylic acids is 4. The number of fused-ring (bicyclic) bond motifs is 7. The van der Waals surface area contributed by atoms with Crippen LogP contribution in [0.3, 0.4) is 0 Å². The number of rotatable bonds is 6. The molecule has 0 aromatic carbocycles. The number of hydrogen-bond acceptors (Lipinski definition) is 9. The van der Waals surface area contributed by atoms with Crippen molar-refractivity contribution in [3.05, 3.63) is 34.9 Å². The van der Waals surface area contributed by atoms with E-state index in [4.69, 9.17) is 18.9 Å². The van der Waals surface area contributed by atoms with Crippen molar-refractivity contribution in [1.29, 1.82) is 0 Å². The Morgan fingerprint density at radius 2 is 1.88 bits per heavy atom. The average Bonchev–Trinajstić information content (AvgIpc) is 3.35. The van der Waals surface area contributed by atoms with Crippen molar-refractivity contribution < 1.29 is 43.2 Å². The Labute approximate surface area is 253 Å². The average molecular weight is 597 g/mol. The molecule has 11 atom stereocenters. The van der Waals surface area contributed by atoms with E-state index in [1.54, 1.807) is 6.92 Å². The lowest BCUT2D eigenvalue weighted by Gasteiger charge is -2.61. The SMILES string of the molecule is C=C1C(=O)O[C@@H]2C[C@@H](C)[C@@H]3C(=C(C)[C@@]4(OC(C)=O)[C@@H]3C[C@]43C(=O)O[C@@H]4C[C@@](C)(O)C([C@H](C)CCCOC(C)=O)=C[C@H]43)C[C@H]12. The molecule has 1 spiro atoms. The van der Waals surface area contributed by atoms with E-state index < -0.39 is 28.7 Å². The van der Waals surface area contributed by atoms with Crippen LogP contribution in [0, 0.1) is 40.9 Å². The molecule has 9 nitrogen and oxygen atoms in total. The Morgan fingerprint density at radius 3 is 2.56 bits per heavy atom. The molecule has 1 N–H and O–H groups in total. The highest BCUT2D eigenvalue weighted by molar-refractivity contribution is 5.91. The van der Waals surface area contributed by atoms with Crippen LogP contribution < -0.4 is 0 Å². The third kappa shape index (κ3) is 4.12. The largest absolute Gasteiger partial charge is 0.466 e. The Morgan fingerprint density at radius 1 is 1.16 bits per heavy atom. The normalized spacial score (nSPS) is 43.4. The maximum Gasteiger partial charge on any atom is 0.334 e. The summed E-state index contributed by atoms with van der Waals surface area (Å²) in [5, 5.41) is 11.6. The Balaban J connectivity index is 1.41. The third-order valence-corrected chi connectivity index (χ3v) is 11.8. The number of esters is 4. The van der Waals surface area contributed by atoms with Gasteiger partial charge in [0, 0.05) is 43.6 Å². The predicted octanol–water partition coefficient (Wildman–Crippen LogP) is 4.37. The molecular formula is C34H44O9. The van der Waals surface area contributed by atoms with Gasteiger partial charge in [0.05, 0.1) is 12.2 Å².